The van der Waals surface area contributed by atoms with E-state index in [9.17, 15) is 9.59 Å². The maximum atomic E-state index is 12.6. The number of anilines is 1. The Kier molecular flexibility index (Phi) is 3.81. The van der Waals surface area contributed by atoms with Crippen molar-refractivity contribution < 1.29 is 9.53 Å². The van der Waals surface area contributed by atoms with Crippen molar-refractivity contribution in [3.63, 3.8) is 0 Å². The number of benzene rings is 1. The number of aromatic nitrogens is 4. The van der Waals surface area contributed by atoms with Gasteiger partial charge in [-0.25, -0.2) is 0 Å². The van der Waals surface area contributed by atoms with Crippen molar-refractivity contribution in [1.29, 1.82) is 0 Å². The highest BCUT2D eigenvalue weighted by Crippen LogP contribution is 2.26. The number of aryl methyl sites for hydroxylation is 1. The molecule has 0 radical (unpaired) electrons. The number of nitrogens with one attached hydrogen (secondary N) is 2. The van der Waals surface area contributed by atoms with Gasteiger partial charge in [-0.3, -0.25) is 20.0 Å². The molecule has 8 nitrogen and oxygen atoms in total. The lowest BCUT2D eigenvalue weighted by atomic mass is 10.1. The van der Waals surface area contributed by atoms with Gasteiger partial charge >= 0.3 is 0 Å². The molecule has 1 aliphatic heterocycles. The van der Waals surface area contributed by atoms with Crippen molar-refractivity contribution in [2.75, 3.05) is 11.9 Å². The van der Waals surface area contributed by atoms with Gasteiger partial charge in [-0.1, -0.05) is 18.2 Å². The van der Waals surface area contributed by atoms with E-state index in [1.165, 1.54) is 10.6 Å². The summed E-state index contributed by atoms with van der Waals surface area (Å²) in [7, 11) is 1.68. The number of hydrogen-bond donors (Lipinski definition) is 2. The second kappa shape index (κ2) is 6.14. The first-order chi connectivity index (χ1) is 12.1. The molecule has 0 spiro atoms. The van der Waals surface area contributed by atoms with E-state index in [2.05, 4.69) is 20.5 Å². The number of rotatable bonds is 3. The van der Waals surface area contributed by atoms with E-state index in [1.807, 2.05) is 12.1 Å². The minimum Gasteiger partial charge on any atom is -0.370 e. The zero-order chi connectivity index (χ0) is 17.4. The number of H-pyrrole nitrogens is 1. The second-order valence-corrected chi connectivity index (χ2v) is 5.97. The van der Waals surface area contributed by atoms with Gasteiger partial charge in [0, 0.05) is 25.1 Å². The number of ether oxygens (including phenoxy) is 1. The molecule has 1 amide bonds. The molecule has 3 heterocycles. The minimum absolute atomic E-state index is 0.108. The third kappa shape index (κ3) is 2.80. The normalized spacial score (nSPS) is 17.1. The quantitative estimate of drug-likeness (QED) is 0.757. The number of carbonyl (C=O) groups is 1. The largest absolute Gasteiger partial charge is 0.370 e. The molecule has 1 fully saturated rings. The van der Waals surface area contributed by atoms with E-state index >= 15 is 0 Å². The van der Waals surface area contributed by atoms with Crippen LogP contribution in [0.3, 0.4) is 0 Å². The molecule has 0 saturated carbocycles. The summed E-state index contributed by atoms with van der Waals surface area (Å²) in [4.78, 5) is 29.0. The van der Waals surface area contributed by atoms with E-state index in [0.29, 0.717) is 28.9 Å². The van der Waals surface area contributed by atoms with Gasteiger partial charge in [-0.2, -0.15) is 4.98 Å². The standard InChI is InChI=1S/C17H17N5O3/c1-22-12-6-3-2-5-10(12)11(9-14(22)23)16(24)19-17-18-15(20-21-17)13-7-4-8-25-13/h2-3,5-6,9,13H,4,7-8H2,1H3,(H2,18,19,20,21,24)/t13-/m0/s1. The summed E-state index contributed by atoms with van der Waals surface area (Å²) in [5.41, 5.74) is 0.733. The molecule has 2 aromatic heterocycles. The highest BCUT2D eigenvalue weighted by Gasteiger charge is 2.22. The van der Waals surface area contributed by atoms with Gasteiger partial charge in [0.1, 0.15) is 6.10 Å². The van der Waals surface area contributed by atoms with Crippen molar-refractivity contribution in [1.82, 2.24) is 19.7 Å². The van der Waals surface area contributed by atoms with Crippen molar-refractivity contribution >= 4 is 22.8 Å². The first-order valence-corrected chi connectivity index (χ1v) is 8.07. The molecule has 1 aromatic carbocycles. The van der Waals surface area contributed by atoms with Gasteiger partial charge in [-0.15, -0.1) is 5.10 Å². The number of amides is 1. The fourth-order valence-corrected chi connectivity index (χ4v) is 3.03. The van der Waals surface area contributed by atoms with Crippen molar-refractivity contribution in [2.24, 2.45) is 7.05 Å². The highest BCUT2D eigenvalue weighted by atomic mass is 16.5. The number of nitrogens with zero attached hydrogens (tertiary/aromatic N) is 3. The van der Waals surface area contributed by atoms with E-state index < -0.39 is 5.91 Å². The Balaban J connectivity index is 1.64. The van der Waals surface area contributed by atoms with Crippen LogP contribution >= 0.6 is 0 Å². The van der Waals surface area contributed by atoms with Gasteiger partial charge in [0.05, 0.1) is 11.1 Å². The zero-order valence-corrected chi connectivity index (χ0v) is 13.7. The SMILES string of the molecule is Cn1c(=O)cc(C(=O)Nc2n[nH]c([C@@H]3CCCO3)n2)c2ccccc21. The average Bonchev–Trinajstić information content (AvgIpc) is 3.29. The summed E-state index contributed by atoms with van der Waals surface area (Å²) in [6.45, 7) is 0.701. The number of hydrogen-bond acceptors (Lipinski definition) is 5. The van der Waals surface area contributed by atoms with Crippen LogP contribution in [0.2, 0.25) is 0 Å². The van der Waals surface area contributed by atoms with Crippen LogP contribution in [0.4, 0.5) is 5.95 Å². The summed E-state index contributed by atoms with van der Waals surface area (Å²) in [6, 6.07) is 8.58. The summed E-state index contributed by atoms with van der Waals surface area (Å²) in [5.74, 6) is 0.341. The fraction of sp³-hybridized carbons (Fsp3) is 0.294. The summed E-state index contributed by atoms with van der Waals surface area (Å²) >= 11 is 0. The Morgan fingerprint density at radius 1 is 1.40 bits per heavy atom. The molecule has 1 atom stereocenters. The minimum atomic E-state index is -0.424. The predicted molar refractivity (Wildman–Crippen MR) is 91.5 cm³/mol. The van der Waals surface area contributed by atoms with Crippen LogP contribution in [-0.2, 0) is 11.8 Å². The Morgan fingerprint density at radius 3 is 3.04 bits per heavy atom. The van der Waals surface area contributed by atoms with Gasteiger partial charge in [-0.05, 0) is 18.9 Å². The van der Waals surface area contributed by atoms with Crippen molar-refractivity contribution in [3.8, 4) is 0 Å². The Bertz CT molecular complexity index is 1000. The summed E-state index contributed by atoms with van der Waals surface area (Å²) < 4.78 is 7.05. The molecule has 1 saturated heterocycles. The van der Waals surface area contributed by atoms with Crippen LogP contribution in [0.25, 0.3) is 10.9 Å². The van der Waals surface area contributed by atoms with Crippen LogP contribution in [0.5, 0.6) is 0 Å². The molecule has 4 rings (SSSR count). The van der Waals surface area contributed by atoms with Gasteiger partial charge in [0.2, 0.25) is 5.95 Å². The second-order valence-electron chi connectivity index (χ2n) is 5.97. The number of pyridine rings is 1. The van der Waals surface area contributed by atoms with Crippen LogP contribution in [0, 0.1) is 0 Å². The van der Waals surface area contributed by atoms with Crippen molar-refractivity contribution in [3.05, 3.63) is 52.1 Å². The molecule has 128 valence electrons. The first kappa shape index (κ1) is 15.5. The third-order valence-corrected chi connectivity index (χ3v) is 4.36. The number of para-hydroxylation sites is 1. The first-order valence-electron chi connectivity index (χ1n) is 8.07. The zero-order valence-electron chi connectivity index (χ0n) is 13.7. The topological polar surface area (TPSA) is 102 Å². The van der Waals surface area contributed by atoms with E-state index in [0.717, 1.165) is 12.8 Å². The molecule has 3 aromatic rings. The fourth-order valence-electron chi connectivity index (χ4n) is 3.03. The molecular weight excluding hydrogens is 322 g/mol. The van der Waals surface area contributed by atoms with Crippen LogP contribution in [0.1, 0.15) is 35.1 Å². The lowest BCUT2D eigenvalue weighted by Crippen LogP contribution is -2.22. The summed E-state index contributed by atoms with van der Waals surface area (Å²) in [6.07, 6.45) is 1.75. The molecule has 25 heavy (non-hydrogen) atoms. The van der Waals surface area contributed by atoms with E-state index in [4.69, 9.17) is 4.74 Å². The molecule has 0 aliphatic carbocycles. The molecule has 0 bridgehead atoms. The Morgan fingerprint density at radius 2 is 2.24 bits per heavy atom. The lowest BCUT2D eigenvalue weighted by Gasteiger charge is -2.09. The molecular formula is C17H17N5O3. The smallest absolute Gasteiger partial charge is 0.258 e. The lowest BCUT2D eigenvalue weighted by molar-refractivity contribution is 0.102. The molecule has 2 N–H and O–H groups in total. The van der Waals surface area contributed by atoms with Crippen LogP contribution in [0.15, 0.2) is 35.1 Å². The van der Waals surface area contributed by atoms with Crippen LogP contribution in [-0.4, -0.2) is 32.3 Å². The Labute approximate surface area is 142 Å². The maximum absolute atomic E-state index is 12.6. The Hall–Kier alpha value is -3.00. The molecule has 8 heteroatoms. The highest BCUT2D eigenvalue weighted by molar-refractivity contribution is 6.11. The van der Waals surface area contributed by atoms with E-state index in [-0.39, 0.29) is 17.6 Å². The van der Waals surface area contributed by atoms with Gasteiger partial charge in [0.15, 0.2) is 5.82 Å². The molecule has 1 aliphatic rings. The number of fused-ring (bicyclic) bond motifs is 1. The van der Waals surface area contributed by atoms with Crippen molar-refractivity contribution in [2.45, 2.75) is 18.9 Å². The monoisotopic (exact) mass is 339 g/mol. The van der Waals surface area contributed by atoms with Gasteiger partial charge in [0.25, 0.3) is 11.5 Å². The summed E-state index contributed by atoms with van der Waals surface area (Å²) in [5, 5.41) is 10.1. The number of aromatic amines is 1. The molecule has 0 unspecified atom stereocenters. The predicted octanol–water partition coefficient (Wildman–Crippen LogP) is 1.76. The maximum Gasteiger partial charge on any atom is 0.258 e. The van der Waals surface area contributed by atoms with E-state index in [1.54, 1.807) is 19.2 Å². The third-order valence-electron chi connectivity index (χ3n) is 4.36. The van der Waals surface area contributed by atoms with Gasteiger partial charge < -0.3 is 9.30 Å². The van der Waals surface area contributed by atoms with Crippen LogP contribution < -0.4 is 10.9 Å². The number of carbonyl (C=O) groups excluding carboxylic acids is 1. The average molecular weight is 339 g/mol.